The summed E-state index contributed by atoms with van der Waals surface area (Å²) in [4.78, 5) is 12.7. The van der Waals surface area contributed by atoms with E-state index in [1.807, 2.05) is 42.5 Å². The maximum Gasteiger partial charge on any atom is 0.335 e. The molecule has 0 aliphatic carbocycles. The van der Waals surface area contributed by atoms with Crippen LogP contribution in [-0.2, 0) is 20.4 Å². The molecule has 0 fully saturated rings. The molecular formula is C21H23NO2. The van der Waals surface area contributed by atoms with E-state index < -0.39 is 11.4 Å². The smallest absolute Gasteiger partial charge is 0.335 e. The fraction of sp³-hybridized carbons (Fsp3) is 0.333. The van der Waals surface area contributed by atoms with E-state index in [9.17, 15) is 10.1 Å². The molecule has 0 aliphatic rings. The van der Waals surface area contributed by atoms with E-state index in [2.05, 4.69) is 26.8 Å². The van der Waals surface area contributed by atoms with E-state index in [0.717, 1.165) is 5.56 Å². The Morgan fingerprint density at radius 3 is 1.92 bits per heavy atom. The van der Waals surface area contributed by atoms with Gasteiger partial charge in [-0.2, -0.15) is 5.26 Å². The molecule has 0 radical (unpaired) electrons. The number of hydrogen-bond acceptors (Lipinski definition) is 3. The van der Waals surface area contributed by atoms with Crippen molar-refractivity contribution in [3.8, 4) is 6.07 Å². The van der Waals surface area contributed by atoms with E-state index >= 15 is 0 Å². The lowest BCUT2D eigenvalue weighted by atomic mass is 9.74. The molecule has 2 rings (SSSR count). The molecule has 3 heteroatoms. The fourth-order valence-electron chi connectivity index (χ4n) is 2.72. The van der Waals surface area contributed by atoms with Gasteiger partial charge in [0.2, 0.25) is 5.41 Å². The van der Waals surface area contributed by atoms with Crippen LogP contribution in [0.4, 0.5) is 0 Å². The second-order valence-corrected chi connectivity index (χ2v) is 6.78. The second kappa shape index (κ2) is 6.88. The van der Waals surface area contributed by atoms with Crippen molar-refractivity contribution < 1.29 is 9.53 Å². The first-order valence-electron chi connectivity index (χ1n) is 8.11. The van der Waals surface area contributed by atoms with E-state index in [0.29, 0.717) is 11.1 Å². The van der Waals surface area contributed by atoms with Crippen LogP contribution in [0, 0.1) is 11.3 Å². The van der Waals surface area contributed by atoms with Crippen LogP contribution in [-0.4, -0.2) is 12.6 Å². The number of nitriles is 1. The first-order valence-corrected chi connectivity index (χ1v) is 8.11. The first-order chi connectivity index (χ1) is 11.4. The van der Waals surface area contributed by atoms with Crippen LogP contribution in [0.2, 0.25) is 0 Å². The summed E-state index contributed by atoms with van der Waals surface area (Å²) in [5, 5.41) is 9.96. The lowest BCUT2D eigenvalue weighted by molar-refractivity contribution is -0.146. The highest BCUT2D eigenvalue weighted by Crippen LogP contribution is 2.34. The number of esters is 1. The van der Waals surface area contributed by atoms with Crippen molar-refractivity contribution in [1.82, 2.24) is 0 Å². The Morgan fingerprint density at radius 2 is 1.46 bits per heavy atom. The van der Waals surface area contributed by atoms with Crippen LogP contribution in [0.1, 0.15) is 44.4 Å². The van der Waals surface area contributed by atoms with Gasteiger partial charge in [0.05, 0.1) is 12.7 Å². The van der Waals surface area contributed by atoms with Crippen molar-refractivity contribution >= 4 is 5.97 Å². The number of nitrogens with zero attached hydrogens (tertiary/aromatic N) is 1. The van der Waals surface area contributed by atoms with Crippen molar-refractivity contribution in [3.05, 3.63) is 71.3 Å². The predicted molar refractivity (Wildman–Crippen MR) is 94.6 cm³/mol. The van der Waals surface area contributed by atoms with Gasteiger partial charge in [-0.05, 0) is 29.0 Å². The monoisotopic (exact) mass is 321 g/mol. The molecule has 124 valence electrons. The van der Waals surface area contributed by atoms with E-state index in [1.165, 1.54) is 0 Å². The van der Waals surface area contributed by atoms with Gasteiger partial charge in [-0.1, -0.05) is 75.4 Å². The van der Waals surface area contributed by atoms with Crippen LogP contribution < -0.4 is 0 Å². The predicted octanol–water partition coefficient (Wildman–Crippen LogP) is 4.36. The third-order valence-electron chi connectivity index (χ3n) is 4.14. The van der Waals surface area contributed by atoms with Gasteiger partial charge in [-0.25, -0.2) is 4.79 Å². The van der Waals surface area contributed by atoms with Crippen molar-refractivity contribution in [1.29, 1.82) is 5.26 Å². The molecule has 3 nitrogen and oxygen atoms in total. The SMILES string of the molecule is CCOC(=O)C(C#N)(c1ccccc1)c1ccc(C(C)(C)C)cc1. The molecule has 0 bridgehead atoms. The zero-order chi connectivity index (χ0) is 17.8. The zero-order valence-corrected chi connectivity index (χ0v) is 14.7. The summed E-state index contributed by atoms with van der Waals surface area (Å²) in [6.07, 6.45) is 0. The minimum absolute atomic E-state index is 0.00447. The number of rotatable bonds is 4. The third-order valence-corrected chi connectivity index (χ3v) is 4.14. The maximum atomic E-state index is 12.7. The van der Waals surface area contributed by atoms with Crippen molar-refractivity contribution in [2.24, 2.45) is 0 Å². The van der Waals surface area contributed by atoms with Crippen LogP contribution in [0.15, 0.2) is 54.6 Å². The average Bonchev–Trinajstić information content (AvgIpc) is 2.57. The maximum absolute atomic E-state index is 12.7. The highest BCUT2D eigenvalue weighted by Gasteiger charge is 2.44. The molecule has 2 aromatic carbocycles. The first kappa shape index (κ1) is 17.7. The Kier molecular flexibility index (Phi) is 5.09. The van der Waals surface area contributed by atoms with Crippen molar-refractivity contribution in [2.45, 2.75) is 38.5 Å². The van der Waals surface area contributed by atoms with Gasteiger partial charge in [0.15, 0.2) is 0 Å². The Bertz CT molecular complexity index is 736. The number of ether oxygens (including phenoxy) is 1. The van der Waals surface area contributed by atoms with Gasteiger partial charge in [-0.3, -0.25) is 0 Å². The molecule has 0 saturated heterocycles. The second-order valence-electron chi connectivity index (χ2n) is 6.78. The summed E-state index contributed by atoms with van der Waals surface area (Å²) in [6, 6.07) is 19.0. The van der Waals surface area contributed by atoms with E-state index in [1.54, 1.807) is 19.1 Å². The molecular weight excluding hydrogens is 298 g/mol. The summed E-state index contributed by atoms with van der Waals surface area (Å²) in [6.45, 7) is 8.36. The van der Waals surface area contributed by atoms with Crippen LogP contribution >= 0.6 is 0 Å². The minimum atomic E-state index is -1.45. The Morgan fingerprint density at radius 1 is 0.958 bits per heavy atom. The Hall–Kier alpha value is -2.60. The molecule has 1 unspecified atom stereocenters. The van der Waals surface area contributed by atoms with Crippen LogP contribution in [0.25, 0.3) is 0 Å². The van der Waals surface area contributed by atoms with Crippen LogP contribution in [0.5, 0.6) is 0 Å². The van der Waals surface area contributed by atoms with Gasteiger partial charge in [0.1, 0.15) is 0 Å². The molecule has 0 spiro atoms. The van der Waals surface area contributed by atoms with Gasteiger partial charge in [0, 0.05) is 0 Å². The summed E-state index contributed by atoms with van der Waals surface area (Å²) in [5.74, 6) is -0.540. The molecule has 0 N–H and O–H groups in total. The molecule has 0 aliphatic heterocycles. The molecule has 24 heavy (non-hydrogen) atoms. The van der Waals surface area contributed by atoms with Crippen molar-refractivity contribution in [3.63, 3.8) is 0 Å². The number of carbonyl (C=O) groups excluding carboxylic acids is 1. The topological polar surface area (TPSA) is 50.1 Å². The van der Waals surface area contributed by atoms with Crippen molar-refractivity contribution in [2.75, 3.05) is 6.61 Å². The molecule has 2 aromatic rings. The summed E-state index contributed by atoms with van der Waals surface area (Å²) >= 11 is 0. The number of benzene rings is 2. The van der Waals surface area contributed by atoms with Crippen LogP contribution in [0.3, 0.4) is 0 Å². The Labute approximate surface area is 143 Å². The third kappa shape index (κ3) is 3.19. The van der Waals surface area contributed by atoms with E-state index in [-0.39, 0.29) is 12.0 Å². The largest absolute Gasteiger partial charge is 0.464 e. The molecule has 0 saturated carbocycles. The highest BCUT2D eigenvalue weighted by atomic mass is 16.5. The highest BCUT2D eigenvalue weighted by molar-refractivity contribution is 5.91. The average molecular weight is 321 g/mol. The summed E-state index contributed by atoms with van der Waals surface area (Å²) in [7, 11) is 0. The molecule has 1 atom stereocenters. The fourth-order valence-corrected chi connectivity index (χ4v) is 2.72. The van der Waals surface area contributed by atoms with Gasteiger partial charge < -0.3 is 4.74 Å². The lowest BCUT2D eigenvalue weighted by Crippen LogP contribution is -2.37. The van der Waals surface area contributed by atoms with E-state index in [4.69, 9.17) is 4.74 Å². The standard InChI is InChI=1S/C21H23NO2/c1-5-24-19(23)21(15-22,17-9-7-6-8-10-17)18-13-11-16(12-14-18)20(2,3)4/h6-14H,5H2,1-4H3. The van der Waals surface area contributed by atoms with Gasteiger partial charge in [0.25, 0.3) is 0 Å². The molecule has 0 aromatic heterocycles. The number of carbonyl (C=O) groups is 1. The summed E-state index contributed by atoms with van der Waals surface area (Å²) < 4.78 is 5.24. The van der Waals surface area contributed by atoms with Gasteiger partial charge in [-0.15, -0.1) is 0 Å². The molecule has 0 amide bonds. The normalized spacial score (nSPS) is 13.6. The quantitative estimate of drug-likeness (QED) is 0.786. The number of hydrogen-bond donors (Lipinski definition) is 0. The van der Waals surface area contributed by atoms with Gasteiger partial charge >= 0.3 is 5.97 Å². The zero-order valence-electron chi connectivity index (χ0n) is 14.7. The minimum Gasteiger partial charge on any atom is -0.464 e. The lowest BCUT2D eigenvalue weighted by Gasteiger charge is -2.27. The summed E-state index contributed by atoms with van der Waals surface area (Å²) in [5.41, 5.74) is 0.949. The Balaban J connectivity index is 2.63. The molecule has 0 heterocycles.